The van der Waals surface area contributed by atoms with Gasteiger partial charge in [-0.3, -0.25) is 0 Å². The van der Waals surface area contributed by atoms with E-state index in [0.717, 1.165) is 65.7 Å². The molecule has 0 N–H and O–H groups in total. The molecule has 0 saturated carbocycles. The summed E-state index contributed by atoms with van der Waals surface area (Å²) in [4.78, 5) is 20.4. The number of hydrogen-bond acceptors (Lipinski definition) is 5. The van der Waals surface area contributed by atoms with Crippen molar-refractivity contribution in [3.8, 4) is 56.7 Å². The van der Waals surface area contributed by atoms with Crippen LogP contribution in [-0.4, -0.2) is 19.9 Å². The van der Waals surface area contributed by atoms with Crippen molar-refractivity contribution in [1.82, 2.24) is 19.9 Å². The molecule has 0 atom stereocenters. The molecule has 0 aliphatic heterocycles. The first-order valence-electron chi connectivity index (χ1n) is 18.3. The minimum Gasteiger partial charge on any atom is -0.435 e. The number of rotatable bonds is 4. The van der Waals surface area contributed by atoms with Crippen LogP contribution in [0.15, 0.2) is 162 Å². The number of hydrogen-bond donors (Lipinski definition) is 0. The van der Waals surface area contributed by atoms with Gasteiger partial charge in [0.2, 0.25) is 5.89 Å². The van der Waals surface area contributed by atoms with Gasteiger partial charge in [0.1, 0.15) is 5.52 Å². The van der Waals surface area contributed by atoms with Gasteiger partial charge < -0.3 is 4.42 Å². The van der Waals surface area contributed by atoms with E-state index in [4.69, 9.17) is 24.4 Å². The Balaban J connectivity index is 1.12. The van der Waals surface area contributed by atoms with Gasteiger partial charge in [-0.05, 0) is 68.1 Å². The molecule has 54 heavy (non-hydrogen) atoms. The van der Waals surface area contributed by atoms with Crippen LogP contribution in [0.25, 0.3) is 100 Å². The number of nitrogens with zero attached hydrogens (tertiary/aromatic N) is 4. The van der Waals surface area contributed by atoms with E-state index in [1.54, 1.807) is 0 Å². The van der Waals surface area contributed by atoms with E-state index in [0.29, 0.717) is 23.4 Å². The van der Waals surface area contributed by atoms with E-state index >= 15 is 0 Å². The Labute approximate surface area is 311 Å². The highest BCUT2D eigenvalue weighted by atomic mass is 16.3. The predicted molar refractivity (Wildman–Crippen MR) is 219 cm³/mol. The Morgan fingerprint density at radius 2 is 1.06 bits per heavy atom. The van der Waals surface area contributed by atoms with E-state index < -0.39 is 0 Å². The van der Waals surface area contributed by atoms with Gasteiger partial charge in [-0.15, -0.1) is 0 Å². The maximum Gasteiger partial charge on any atom is 0.227 e. The van der Waals surface area contributed by atoms with Gasteiger partial charge >= 0.3 is 0 Å². The molecule has 10 aromatic rings. The van der Waals surface area contributed by atoms with Crippen molar-refractivity contribution in [2.24, 2.45) is 0 Å². The lowest BCUT2D eigenvalue weighted by Gasteiger charge is -2.24. The first kappa shape index (κ1) is 30.6. The largest absolute Gasteiger partial charge is 0.435 e. The third-order valence-corrected chi connectivity index (χ3v) is 11.1. The summed E-state index contributed by atoms with van der Waals surface area (Å²) in [6.45, 7) is 4.60. The third kappa shape index (κ3) is 4.58. The molecule has 5 heteroatoms. The van der Waals surface area contributed by atoms with Crippen molar-refractivity contribution in [2.45, 2.75) is 19.3 Å². The number of aromatic nitrogens is 4. The number of fused-ring (bicyclic) bond motifs is 10. The first-order chi connectivity index (χ1) is 26.5. The molecule has 8 aromatic carbocycles. The van der Waals surface area contributed by atoms with Crippen LogP contribution in [0.4, 0.5) is 0 Å². The molecule has 0 bridgehead atoms. The quantitative estimate of drug-likeness (QED) is 0.172. The van der Waals surface area contributed by atoms with Crippen LogP contribution in [-0.2, 0) is 5.41 Å². The fourth-order valence-electron chi connectivity index (χ4n) is 8.57. The van der Waals surface area contributed by atoms with Crippen LogP contribution in [0.1, 0.15) is 25.0 Å². The normalized spacial score (nSPS) is 13.1. The van der Waals surface area contributed by atoms with Gasteiger partial charge in [0.05, 0.1) is 0 Å². The Kier molecular flexibility index (Phi) is 6.53. The zero-order valence-corrected chi connectivity index (χ0v) is 29.7. The van der Waals surface area contributed by atoms with Crippen molar-refractivity contribution in [3.05, 3.63) is 169 Å². The second-order valence-electron chi connectivity index (χ2n) is 14.6. The molecule has 0 spiro atoms. The first-order valence-corrected chi connectivity index (χ1v) is 18.3. The van der Waals surface area contributed by atoms with E-state index in [9.17, 15) is 0 Å². The summed E-state index contributed by atoms with van der Waals surface area (Å²) in [5.41, 5.74) is 10.3. The molecule has 0 saturated heterocycles. The average Bonchev–Trinajstić information content (AvgIpc) is 3.78. The summed E-state index contributed by atoms with van der Waals surface area (Å²) in [6, 6.07) is 54.9. The smallest absolute Gasteiger partial charge is 0.227 e. The summed E-state index contributed by atoms with van der Waals surface area (Å²) in [6.07, 6.45) is 0. The number of benzene rings is 8. The highest BCUT2D eigenvalue weighted by Gasteiger charge is 2.38. The maximum atomic E-state index is 6.56. The molecule has 0 radical (unpaired) electrons. The van der Waals surface area contributed by atoms with Gasteiger partial charge in [0.15, 0.2) is 23.1 Å². The summed E-state index contributed by atoms with van der Waals surface area (Å²) in [7, 11) is 0. The molecule has 2 aromatic heterocycles. The molecule has 5 nitrogen and oxygen atoms in total. The molecule has 0 fully saturated rings. The molecule has 1 aliphatic carbocycles. The summed E-state index contributed by atoms with van der Waals surface area (Å²) in [5, 5.41) is 6.67. The average molecular weight is 693 g/mol. The molecular weight excluding hydrogens is 661 g/mol. The van der Waals surface area contributed by atoms with E-state index in [1.807, 2.05) is 54.6 Å². The van der Waals surface area contributed by atoms with Gasteiger partial charge in [0.25, 0.3) is 0 Å². The highest BCUT2D eigenvalue weighted by molar-refractivity contribution is 6.26. The van der Waals surface area contributed by atoms with Gasteiger partial charge in [-0.25, -0.2) is 19.9 Å². The molecule has 1 aliphatic rings. The van der Waals surface area contributed by atoms with E-state index in [-0.39, 0.29) is 5.41 Å². The van der Waals surface area contributed by atoms with E-state index in [1.165, 1.54) is 22.3 Å². The lowest BCUT2D eigenvalue weighted by atomic mass is 9.80. The fraction of sp³-hybridized carbons (Fsp3) is 0.0612. The standard InChI is InChI=1S/C49H32N4O/c1-49(2)39-19-10-9-16-36(39)37-17-11-18-38(43(37)49)47-52-45(31-12-5-3-6-13-31)51-46(53-47)34-24-26-35-33(28-34)23-22-29-20-21-30-25-27-40-44(42(30)41(29)35)54-48(50-40)32-14-7-4-8-15-32/h3-28H,1-2H3. The molecule has 0 amide bonds. The Bertz CT molecular complexity index is 3130. The third-order valence-electron chi connectivity index (χ3n) is 11.1. The maximum absolute atomic E-state index is 6.56. The predicted octanol–water partition coefficient (Wildman–Crippen LogP) is 12.4. The van der Waals surface area contributed by atoms with Crippen molar-refractivity contribution < 1.29 is 4.42 Å². The Morgan fingerprint density at radius 3 is 1.85 bits per heavy atom. The second kappa shape index (κ2) is 11.5. The zero-order valence-electron chi connectivity index (χ0n) is 29.7. The fourth-order valence-corrected chi connectivity index (χ4v) is 8.57. The van der Waals surface area contributed by atoms with Crippen molar-refractivity contribution in [3.63, 3.8) is 0 Å². The molecular formula is C49H32N4O. The van der Waals surface area contributed by atoms with Gasteiger partial charge in [0, 0.05) is 38.4 Å². The lowest BCUT2D eigenvalue weighted by Crippen LogP contribution is -2.17. The highest BCUT2D eigenvalue weighted by Crippen LogP contribution is 2.51. The minimum atomic E-state index is -0.216. The zero-order chi connectivity index (χ0) is 36.0. The van der Waals surface area contributed by atoms with Gasteiger partial charge in [-0.2, -0.15) is 0 Å². The molecule has 254 valence electrons. The van der Waals surface area contributed by atoms with E-state index in [2.05, 4.69) is 117 Å². The van der Waals surface area contributed by atoms with Crippen LogP contribution in [0.3, 0.4) is 0 Å². The summed E-state index contributed by atoms with van der Waals surface area (Å²) in [5.74, 6) is 2.57. The van der Waals surface area contributed by atoms with Crippen molar-refractivity contribution in [1.29, 1.82) is 0 Å². The van der Waals surface area contributed by atoms with Crippen LogP contribution in [0.2, 0.25) is 0 Å². The van der Waals surface area contributed by atoms with Crippen LogP contribution in [0, 0.1) is 0 Å². The topological polar surface area (TPSA) is 64.7 Å². The molecule has 11 rings (SSSR count). The lowest BCUT2D eigenvalue weighted by molar-refractivity contribution is 0.623. The van der Waals surface area contributed by atoms with Crippen molar-refractivity contribution >= 4 is 43.4 Å². The summed E-state index contributed by atoms with van der Waals surface area (Å²) >= 11 is 0. The van der Waals surface area contributed by atoms with Gasteiger partial charge in [-0.1, -0.05) is 147 Å². The Morgan fingerprint density at radius 1 is 0.444 bits per heavy atom. The second-order valence-corrected chi connectivity index (χ2v) is 14.6. The van der Waals surface area contributed by atoms with Crippen LogP contribution in [0.5, 0.6) is 0 Å². The summed E-state index contributed by atoms with van der Waals surface area (Å²) < 4.78 is 6.56. The minimum absolute atomic E-state index is 0.216. The molecule has 2 heterocycles. The Hall–Kier alpha value is -6.98. The monoisotopic (exact) mass is 692 g/mol. The van der Waals surface area contributed by atoms with Crippen LogP contribution >= 0.6 is 0 Å². The molecule has 0 unspecified atom stereocenters. The van der Waals surface area contributed by atoms with Crippen LogP contribution < -0.4 is 0 Å². The van der Waals surface area contributed by atoms with Crippen molar-refractivity contribution in [2.75, 3.05) is 0 Å². The SMILES string of the molecule is CC1(C)c2ccccc2-c2cccc(-c3nc(-c4ccccc4)nc(-c4ccc5c(ccc6ccc7ccc8nc(-c9ccccc9)oc8c7c65)c4)n3)c21. The number of oxazole rings is 1.